The van der Waals surface area contributed by atoms with Gasteiger partial charge in [-0.05, 0) is 30.3 Å². The molecule has 1 saturated heterocycles. The van der Waals surface area contributed by atoms with E-state index in [4.69, 9.17) is 4.74 Å². The molecular formula is C22H18F3N5O2. The molecule has 0 spiro atoms. The Bertz CT molecular complexity index is 1130. The van der Waals surface area contributed by atoms with Crippen LogP contribution >= 0.6 is 0 Å². The van der Waals surface area contributed by atoms with Crippen LogP contribution in [0.25, 0.3) is 11.1 Å². The molecule has 3 aromatic rings. The maximum atomic E-state index is 12.8. The molecule has 10 heteroatoms. The van der Waals surface area contributed by atoms with Gasteiger partial charge in [-0.1, -0.05) is 12.6 Å². The van der Waals surface area contributed by atoms with Crippen LogP contribution in [-0.2, 0) is 11.0 Å². The summed E-state index contributed by atoms with van der Waals surface area (Å²) in [6.07, 6.45) is 3.15. The highest BCUT2D eigenvalue weighted by Crippen LogP contribution is 2.32. The summed E-state index contributed by atoms with van der Waals surface area (Å²) in [4.78, 5) is 25.6. The van der Waals surface area contributed by atoms with Gasteiger partial charge in [0.2, 0.25) is 5.91 Å². The predicted octanol–water partition coefficient (Wildman–Crippen LogP) is 4.16. The number of ether oxygens (including phenoxy) is 1. The minimum atomic E-state index is -4.46. The Labute approximate surface area is 181 Å². The summed E-state index contributed by atoms with van der Waals surface area (Å²) in [7, 11) is 0. The number of carbonyl (C=O) groups excluding carboxylic acids is 1. The second kappa shape index (κ2) is 8.66. The van der Waals surface area contributed by atoms with Gasteiger partial charge < -0.3 is 15.0 Å². The fourth-order valence-electron chi connectivity index (χ4n) is 3.15. The minimum absolute atomic E-state index is 0.00934. The van der Waals surface area contributed by atoms with Gasteiger partial charge in [-0.15, -0.1) is 0 Å². The molecule has 0 atom stereocenters. The van der Waals surface area contributed by atoms with Crippen LogP contribution in [0.5, 0.6) is 11.8 Å². The minimum Gasteiger partial charge on any atom is -0.424 e. The summed E-state index contributed by atoms with van der Waals surface area (Å²) in [6, 6.07) is 6.43. The van der Waals surface area contributed by atoms with Gasteiger partial charge in [0.15, 0.2) is 0 Å². The zero-order chi connectivity index (χ0) is 22.7. The molecule has 0 unspecified atom stereocenters. The lowest BCUT2D eigenvalue weighted by Crippen LogP contribution is -2.56. The number of hydrogen-bond donors (Lipinski definition) is 1. The highest BCUT2D eigenvalue weighted by molar-refractivity contribution is 5.87. The van der Waals surface area contributed by atoms with Crippen LogP contribution in [0.4, 0.5) is 18.9 Å². The molecule has 1 aromatic carbocycles. The van der Waals surface area contributed by atoms with Crippen LogP contribution < -0.4 is 10.1 Å². The van der Waals surface area contributed by atoms with E-state index in [1.807, 2.05) is 6.07 Å². The number of rotatable bonds is 6. The number of nitrogens with one attached hydrogen (secondary N) is 1. The average molecular weight is 441 g/mol. The van der Waals surface area contributed by atoms with Crippen molar-refractivity contribution in [1.82, 2.24) is 19.9 Å². The zero-order valence-electron chi connectivity index (χ0n) is 16.7. The van der Waals surface area contributed by atoms with E-state index in [1.165, 1.54) is 30.6 Å². The highest BCUT2D eigenvalue weighted by atomic mass is 19.4. The van der Waals surface area contributed by atoms with Crippen LogP contribution in [0.3, 0.4) is 0 Å². The fourth-order valence-corrected chi connectivity index (χ4v) is 3.15. The van der Waals surface area contributed by atoms with Gasteiger partial charge in [0, 0.05) is 49.0 Å². The third-order valence-electron chi connectivity index (χ3n) is 4.81. The van der Waals surface area contributed by atoms with Crippen LogP contribution in [0.2, 0.25) is 0 Å². The number of likely N-dealkylation sites (tertiary alicyclic amines) is 1. The summed E-state index contributed by atoms with van der Waals surface area (Å²) < 4.78 is 43.9. The smallest absolute Gasteiger partial charge is 0.416 e. The molecule has 0 radical (unpaired) electrons. The van der Waals surface area contributed by atoms with E-state index in [0.717, 1.165) is 23.4 Å². The lowest BCUT2D eigenvalue weighted by Gasteiger charge is -2.39. The Morgan fingerprint density at radius 3 is 2.56 bits per heavy atom. The summed E-state index contributed by atoms with van der Waals surface area (Å²) in [5, 5.41) is 3.31. The Morgan fingerprint density at radius 1 is 1.12 bits per heavy atom. The van der Waals surface area contributed by atoms with Crippen molar-refractivity contribution in [1.29, 1.82) is 0 Å². The number of anilines is 1. The number of nitrogens with zero attached hydrogens (tertiary/aromatic N) is 4. The summed E-state index contributed by atoms with van der Waals surface area (Å²) in [6.45, 7) is 4.64. The fraction of sp³-hybridized carbons (Fsp3) is 0.182. The Balaban J connectivity index is 1.41. The van der Waals surface area contributed by atoms with Crippen molar-refractivity contribution in [2.75, 3.05) is 18.4 Å². The van der Waals surface area contributed by atoms with Gasteiger partial charge in [0.05, 0.1) is 17.3 Å². The molecule has 4 rings (SSSR count). The third-order valence-corrected chi connectivity index (χ3v) is 4.81. The number of aromatic nitrogens is 3. The van der Waals surface area contributed by atoms with Crippen LogP contribution in [0, 0.1) is 0 Å². The summed E-state index contributed by atoms with van der Waals surface area (Å²) in [5.41, 5.74) is 1.38. The number of amides is 1. The van der Waals surface area contributed by atoms with E-state index in [1.54, 1.807) is 17.3 Å². The van der Waals surface area contributed by atoms with E-state index in [0.29, 0.717) is 18.7 Å². The average Bonchev–Trinajstić information content (AvgIpc) is 2.76. The Kier molecular flexibility index (Phi) is 5.76. The number of alkyl halides is 3. The molecule has 0 saturated carbocycles. The van der Waals surface area contributed by atoms with Crippen molar-refractivity contribution in [2.24, 2.45) is 0 Å². The zero-order valence-corrected chi connectivity index (χ0v) is 16.7. The van der Waals surface area contributed by atoms with E-state index >= 15 is 0 Å². The van der Waals surface area contributed by atoms with Crippen molar-refractivity contribution < 1.29 is 22.7 Å². The van der Waals surface area contributed by atoms with E-state index in [9.17, 15) is 18.0 Å². The van der Waals surface area contributed by atoms with Crippen LogP contribution in [0.1, 0.15) is 5.56 Å². The molecule has 1 N–H and O–H groups in total. The van der Waals surface area contributed by atoms with Gasteiger partial charge in [-0.25, -0.2) is 9.97 Å². The number of pyridine rings is 1. The molecular weight excluding hydrogens is 423 g/mol. The third kappa shape index (κ3) is 4.85. The Morgan fingerprint density at radius 2 is 1.88 bits per heavy atom. The normalized spacial score (nSPS) is 13.9. The Hall–Kier alpha value is -3.95. The summed E-state index contributed by atoms with van der Waals surface area (Å²) >= 11 is 0. The van der Waals surface area contributed by atoms with Gasteiger partial charge in [0.25, 0.3) is 0 Å². The SMILES string of the molecule is C=CC(=O)N1CC(Nc2cncc(-c3cnc(Oc4cccc(C(F)(F)F)c4)nc3)c2)C1. The number of benzene rings is 1. The van der Waals surface area contributed by atoms with Crippen LogP contribution in [0.15, 0.2) is 67.8 Å². The van der Waals surface area contributed by atoms with Crippen LogP contribution in [-0.4, -0.2) is 44.9 Å². The van der Waals surface area contributed by atoms with Gasteiger partial charge in [-0.3, -0.25) is 9.78 Å². The molecule has 0 bridgehead atoms. The first kappa shape index (κ1) is 21.3. The largest absolute Gasteiger partial charge is 0.424 e. The first-order valence-corrected chi connectivity index (χ1v) is 9.62. The lowest BCUT2D eigenvalue weighted by molar-refractivity contribution is -0.137. The number of carbonyl (C=O) groups is 1. The summed E-state index contributed by atoms with van der Waals surface area (Å²) in [5.74, 6) is -0.107. The molecule has 0 aliphatic carbocycles. The van der Waals surface area contributed by atoms with Crippen molar-refractivity contribution >= 4 is 11.6 Å². The molecule has 7 nitrogen and oxygen atoms in total. The van der Waals surface area contributed by atoms with Gasteiger partial charge in [0.1, 0.15) is 5.75 Å². The number of hydrogen-bond acceptors (Lipinski definition) is 6. The molecule has 1 aliphatic rings. The molecule has 164 valence electrons. The lowest BCUT2D eigenvalue weighted by atomic mass is 10.1. The molecule has 1 amide bonds. The highest BCUT2D eigenvalue weighted by Gasteiger charge is 2.31. The van der Waals surface area contributed by atoms with E-state index in [2.05, 4.69) is 26.8 Å². The van der Waals surface area contributed by atoms with Crippen molar-refractivity contribution in [3.05, 3.63) is 73.3 Å². The maximum Gasteiger partial charge on any atom is 0.416 e. The second-order valence-electron chi connectivity index (χ2n) is 7.13. The van der Waals surface area contributed by atoms with E-state index in [-0.39, 0.29) is 23.7 Å². The topological polar surface area (TPSA) is 80.2 Å². The predicted molar refractivity (Wildman–Crippen MR) is 111 cm³/mol. The standard InChI is InChI=1S/C22H18F3N5O2/c1-2-20(31)30-12-18(13-30)29-17-6-14(8-26-11-17)15-9-27-21(28-10-15)32-19-5-3-4-16(7-19)22(23,24)25/h2-11,18,29H,1,12-13H2. The monoisotopic (exact) mass is 441 g/mol. The quantitative estimate of drug-likeness (QED) is 0.579. The van der Waals surface area contributed by atoms with Crippen molar-refractivity contribution in [3.8, 4) is 22.9 Å². The molecule has 1 fully saturated rings. The van der Waals surface area contributed by atoms with Gasteiger partial charge in [-0.2, -0.15) is 13.2 Å². The molecule has 32 heavy (non-hydrogen) atoms. The van der Waals surface area contributed by atoms with Crippen molar-refractivity contribution in [2.45, 2.75) is 12.2 Å². The van der Waals surface area contributed by atoms with Crippen molar-refractivity contribution in [3.63, 3.8) is 0 Å². The van der Waals surface area contributed by atoms with E-state index < -0.39 is 11.7 Å². The first-order chi connectivity index (χ1) is 15.3. The first-order valence-electron chi connectivity index (χ1n) is 9.62. The number of halogens is 3. The maximum absolute atomic E-state index is 12.8. The van der Waals surface area contributed by atoms with Gasteiger partial charge >= 0.3 is 12.2 Å². The molecule has 1 aliphatic heterocycles. The molecule has 2 aromatic heterocycles. The second-order valence-corrected chi connectivity index (χ2v) is 7.13. The molecule has 3 heterocycles.